The lowest BCUT2D eigenvalue weighted by Gasteiger charge is -2.07. The molecule has 1 aromatic rings. The van der Waals surface area contributed by atoms with Gasteiger partial charge in [0.1, 0.15) is 0 Å². The van der Waals surface area contributed by atoms with Crippen molar-refractivity contribution < 1.29 is 0 Å². The zero-order valence-corrected chi connectivity index (χ0v) is 7.59. The average Bonchev–Trinajstić information content (AvgIpc) is 2.09. The second kappa shape index (κ2) is 4.45. The van der Waals surface area contributed by atoms with Gasteiger partial charge >= 0.3 is 0 Å². The topological polar surface area (TPSA) is 52.0 Å². The van der Waals surface area contributed by atoms with Gasteiger partial charge in [0, 0.05) is 17.6 Å². The van der Waals surface area contributed by atoms with Crippen molar-refractivity contribution in [1.82, 2.24) is 0 Å². The third kappa shape index (κ3) is 2.81. The van der Waals surface area contributed by atoms with E-state index in [0.29, 0.717) is 6.54 Å². The molecule has 0 aliphatic rings. The summed E-state index contributed by atoms with van der Waals surface area (Å²) in [5, 5.41) is 0.750. The number of hydrogen-bond donors (Lipinski definition) is 2. The Morgan fingerprint density at radius 2 is 1.83 bits per heavy atom. The Hall–Kier alpha value is -0.570. The molecular weight excluding hydrogens is 172 g/mol. The summed E-state index contributed by atoms with van der Waals surface area (Å²) in [6.07, 6.45) is 0.813. The fourth-order valence-corrected chi connectivity index (χ4v) is 1.13. The van der Waals surface area contributed by atoms with Crippen LogP contribution in [0.5, 0.6) is 0 Å². The zero-order valence-electron chi connectivity index (χ0n) is 6.83. The molecule has 1 aromatic carbocycles. The van der Waals surface area contributed by atoms with E-state index >= 15 is 0 Å². The van der Waals surface area contributed by atoms with Crippen LogP contribution in [0.2, 0.25) is 5.02 Å². The number of benzene rings is 1. The minimum atomic E-state index is 0.0474. The Bertz CT molecular complexity index is 233. The summed E-state index contributed by atoms with van der Waals surface area (Å²) in [5.41, 5.74) is 12.3. The van der Waals surface area contributed by atoms with E-state index in [1.807, 2.05) is 24.3 Å². The van der Waals surface area contributed by atoms with Crippen LogP contribution in [0.25, 0.3) is 0 Å². The standard InChI is InChI=1S/C9H13ClN2/c10-8-3-1-7(2-4-8)5-9(12)6-11/h1-4,9H,5-6,11-12H2. The first kappa shape index (κ1) is 9.52. The van der Waals surface area contributed by atoms with Gasteiger partial charge < -0.3 is 11.5 Å². The molecule has 1 rings (SSSR count). The van der Waals surface area contributed by atoms with Gasteiger partial charge in [0.05, 0.1) is 0 Å². The highest BCUT2D eigenvalue weighted by Crippen LogP contribution is 2.10. The minimum absolute atomic E-state index is 0.0474. The molecule has 3 heteroatoms. The SMILES string of the molecule is NCC(N)Cc1ccc(Cl)cc1. The Morgan fingerprint density at radius 1 is 1.25 bits per heavy atom. The van der Waals surface area contributed by atoms with Crippen LogP contribution in [-0.4, -0.2) is 12.6 Å². The molecule has 0 radical (unpaired) electrons. The van der Waals surface area contributed by atoms with E-state index in [2.05, 4.69) is 0 Å². The summed E-state index contributed by atoms with van der Waals surface area (Å²) in [7, 11) is 0. The van der Waals surface area contributed by atoms with Crippen LogP contribution >= 0.6 is 11.6 Å². The van der Waals surface area contributed by atoms with E-state index < -0.39 is 0 Å². The van der Waals surface area contributed by atoms with Crippen LogP contribution in [-0.2, 0) is 6.42 Å². The maximum atomic E-state index is 5.73. The Labute approximate surface area is 77.5 Å². The summed E-state index contributed by atoms with van der Waals surface area (Å²) in [4.78, 5) is 0. The zero-order chi connectivity index (χ0) is 8.97. The van der Waals surface area contributed by atoms with Gasteiger partial charge in [-0.3, -0.25) is 0 Å². The van der Waals surface area contributed by atoms with Gasteiger partial charge in [-0.15, -0.1) is 0 Å². The van der Waals surface area contributed by atoms with E-state index in [1.54, 1.807) is 0 Å². The van der Waals surface area contributed by atoms with E-state index in [9.17, 15) is 0 Å². The van der Waals surface area contributed by atoms with Gasteiger partial charge in [-0.05, 0) is 24.1 Å². The van der Waals surface area contributed by atoms with Crippen molar-refractivity contribution in [1.29, 1.82) is 0 Å². The highest BCUT2D eigenvalue weighted by molar-refractivity contribution is 6.30. The summed E-state index contributed by atoms with van der Waals surface area (Å²) in [6, 6.07) is 7.71. The molecule has 0 aromatic heterocycles. The normalized spacial score (nSPS) is 12.9. The molecule has 4 N–H and O–H groups in total. The molecule has 2 nitrogen and oxygen atoms in total. The number of rotatable bonds is 3. The molecule has 1 unspecified atom stereocenters. The molecule has 66 valence electrons. The second-order valence-corrected chi connectivity index (χ2v) is 3.26. The second-order valence-electron chi connectivity index (χ2n) is 2.83. The van der Waals surface area contributed by atoms with Crippen molar-refractivity contribution in [3.8, 4) is 0 Å². The van der Waals surface area contributed by atoms with E-state index in [1.165, 1.54) is 5.56 Å². The van der Waals surface area contributed by atoms with Gasteiger partial charge in [-0.2, -0.15) is 0 Å². The predicted octanol–water partition coefficient (Wildman–Crippen LogP) is 1.17. The molecule has 1 atom stereocenters. The third-order valence-electron chi connectivity index (χ3n) is 1.71. The summed E-state index contributed by atoms with van der Waals surface area (Å²) < 4.78 is 0. The molecule has 0 saturated carbocycles. The molecular formula is C9H13ClN2. The van der Waals surface area contributed by atoms with Crippen molar-refractivity contribution in [2.75, 3.05) is 6.54 Å². The lowest BCUT2D eigenvalue weighted by molar-refractivity contribution is 0.678. The molecule has 12 heavy (non-hydrogen) atoms. The van der Waals surface area contributed by atoms with Gasteiger partial charge in [-0.25, -0.2) is 0 Å². The number of halogens is 1. The fourth-order valence-electron chi connectivity index (χ4n) is 1.01. The van der Waals surface area contributed by atoms with E-state index in [-0.39, 0.29) is 6.04 Å². The summed E-state index contributed by atoms with van der Waals surface area (Å²) >= 11 is 5.73. The van der Waals surface area contributed by atoms with Gasteiger partial charge in [-0.1, -0.05) is 23.7 Å². The van der Waals surface area contributed by atoms with Crippen LogP contribution in [0.15, 0.2) is 24.3 Å². The minimum Gasteiger partial charge on any atom is -0.329 e. The van der Waals surface area contributed by atoms with E-state index in [0.717, 1.165) is 11.4 Å². The Morgan fingerprint density at radius 3 is 2.33 bits per heavy atom. The molecule has 0 heterocycles. The lowest BCUT2D eigenvalue weighted by atomic mass is 10.1. The van der Waals surface area contributed by atoms with Crippen molar-refractivity contribution in [3.63, 3.8) is 0 Å². The smallest absolute Gasteiger partial charge is 0.0406 e. The third-order valence-corrected chi connectivity index (χ3v) is 1.97. The van der Waals surface area contributed by atoms with E-state index in [4.69, 9.17) is 23.1 Å². The van der Waals surface area contributed by atoms with Crippen molar-refractivity contribution in [2.45, 2.75) is 12.5 Å². The maximum absolute atomic E-state index is 5.73. The first-order chi connectivity index (χ1) is 5.72. The largest absolute Gasteiger partial charge is 0.329 e. The van der Waals surface area contributed by atoms with Crippen LogP contribution in [0, 0.1) is 0 Å². The molecule has 0 spiro atoms. The fraction of sp³-hybridized carbons (Fsp3) is 0.333. The van der Waals surface area contributed by atoms with Gasteiger partial charge in [0.2, 0.25) is 0 Å². The molecule has 0 aliphatic carbocycles. The Balaban J connectivity index is 2.58. The molecule has 0 amide bonds. The number of hydrogen-bond acceptors (Lipinski definition) is 2. The van der Waals surface area contributed by atoms with Crippen LogP contribution < -0.4 is 11.5 Å². The van der Waals surface area contributed by atoms with Crippen LogP contribution in [0.4, 0.5) is 0 Å². The molecule has 0 bridgehead atoms. The molecule has 0 aliphatic heterocycles. The van der Waals surface area contributed by atoms with Crippen molar-refractivity contribution in [3.05, 3.63) is 34.9 Å². The highest BCUT2D eigenvalue weighted by atomic mass is 35.5. The maximum Gasteiger partial charge on any atom is 0.0406 e. The average molecular weight is 185 g/mol. The first-order valence-corrected chi connectivity index (χ1v) is 4.30. The lowest BCUT2D eigenvalue weighted by Crippen LogP contribution is -2.31. The predicted molar refractivity (Wildman–Crippen MR) is 52.2 cm³/mol. The summed E-state index contributed by atoms with van der Waals surface area (Å²) in [5.74, 6) is 0. The van der Waals surface area contributed by atoms with Crippen LogP contribution in [0.3, 0.4) is 0 Å². The van der Waals surface area contributed by atoms with Crippen LogP contribution in [0.1, 0.15) is 5.56 Å². The molecule has 0 fully saturated rings. The monoisotopic (exact) mass is 184 g/mol. The highest BCUT2D eigenvalue weighted by Gasteiger charge is 2.00. The van der Waals surface area contributed by atoms with Crippen molar-refractivity contribution >= 4 is 11.6 Å². The van der Waals surface area contributed by atoms with Gasteiger partial charge in [0.15, 0.2) is 0 Å². The summed E-state index contributed by atoms with van der Waals surface area (Å²) in [6.45, 7) is 0.516. The number of nitrogens with two attached hydrogens (primary N) is 2. The quantitative estimate of drug-likeness (QED) is 0.741. The first-order valence-electron chi connectivity index (χ1n) is 3.92. The molecule has 0 saturated heterocycles. The Kier molecular flexibility index (Phi) is 3.53. The van der Waals surface area contributed by atoms with Gasteiger partial charge in [0.25, 0.3) is 0 Å². The van der Waals surface area contributed by atoms with Crippen molar-refractivity contribution in [2.24, 2.45) is 11.5 Å².